The Kier molecular flexibility index (Phi) is 3.33. The minimum absolute atomic E-state index is 0.140. The number of hydrogen-bond donors (Lipinski definition) is 2. The van der Waals surface area contributed by atoms with Crippen LogP contribution < -0.4 is 10.5 Å². The van der Waals surface area contributed by atoms with Crippen molar-refractivity contribution in [3.63, 3.8) is 0 Å². The molecule has 0 bridgehead atoms. The first-order valence-corrected chi connectivity index (χ1v) is 5.69. The molecule has 0 saturated carbocycles. The van der Waals surface area contributed by atoms with Gasteiger partial charge in [0.05, 0.1) is 18.5 Å². The van der Waals surface area contributed by atoms with Crippen LogP contribution in [0.2, 0.25) is 0 Å². The van der Waals surface area contributed by atoms with Crippen LogP contribution in [0.3, 0.4) is 0 Å². The molecule has 7 heteroatoms. The Morgan fingerprint density at radius 1 is 1.28 bits per heavy atom. The highest BCUT2D eigenvalue weighted by Gasteiger charge is 2.12. The van der Waals surface area contributed by atoms with Gasteiger partial charge in [-0.3, -0.25) is 0 Å². The summed E-state index contributed by atoms with van der Waals surface area (Å²) in [6, 6.07) is 0. The molecule has 0 saturated heterocycles. The standard InChI is InChI=1S/C11H17N5O2/c1-11(2,3)18-5-4-17-9-7-8(14-6-13-7)15-10(12)16-9/h6H,4-5H2,1-3H3,(H3,12,13,14,15,16). The summed E-state index contributed by atoms with van der Waals surface area (Å²) in [6.45, 7) is 6.83. The summed E-state index contributed by atoms with van der Waals surface area (Å²) in [5, 5.41) is 0. The SMILES string of the molecule is CC(C)(C)OCCOc1nc(N)nc2nc[nH]c12. The van der Waals surface area contributed by atoms with E-state index in [9.17, 15) is 0 Å². The number of nitrogens with two attached hydrogens (primary N) is 1. The number of anilines is 1. The highest BCUT2D eigenvalue weighted by atomic mass is 16.5. The highest BCUT2D eigenvalue weighted by molar-refractivity contribution is 5.76. The molecule has 3 N–H and O–H groups in total. The van der Waals surface area contributed by atoms with Crippen LogP contribution >= 0.6 is 0 Å². The molecule has 0 atom stereocenters. The maximum absolute atomic E-state index is 5.57. The van der Waals surface area contributed by atoms with Gasteiger partial charge in [0.1, 0.15) is 12.1 Å². The van der Waals surface area contributed by atoms with E-state index in [1.54, 1.807) is 0 Å². The molecule has 0 amide bonds. The molecule has 0 radical (unpaired) electrons. The average Bonchev–Trinajstić information content (AvgIpc) is 2.70. The quantitative estimate of drug-likeness (QED) is 0.790. The van der Waals surface area contributed by atoms with E-state index in [4.69, 9.17) is 15.2 Å². The molecule has 0 spiro atoms. The van der Waals surface area contributed by atoms with E-state index in [1.807, 2.05) is 20.8 Å². The highest BCUT2D eigenvalue weighted by Crippen LogP contribution is 2.19. The molecule has 2 heterocycles. The number of nitrogens with one attached hydrogen (secondary N) is 1. The van der Waals surface area contributed by atoms with Crippen LogP contribution in [0.15, 0.2) is 6.33 Å². The summed E-state index contributed by atoms with van der Waals surface area (Å²) in [4.78, 5) is 14.9. The van der Waals surface area contributed by atoms with Crippen LogP contribution in [0.25, 0.3) is 11.2 Å². The minimum atomic E-state index is -0.183. The summed E-state index contributed by atoms with van der Waals surface area (Å²) in [5.74, 6) is 0.536. The molecule has 0 aliphatic rings. The number of aromatic nitrogens is 4. The van der Waals surface area contributed by atoms with Gasteiger partial charge in [-0.05, 0) is 20.8 Å². The first kappa shape index (κ1) is 12.6. The van der Waals surface area contributed by atoms with E-state index >= 15 is 0 Å². The van der Waals surface area contributed by atoms with E-state index < -0.39 is 0 Å². The molecule has 2 aromatic rings. The minimum Gasteiger partial charge on any atom is -0.474 e. The van der Waals surface area contributed by atoms with E-state index in [0.717, 1.165) is 0 Å². The molecule has 98 valence electrons. The van der Waals surface area contributed by atoms with Crippen molar-refractivity contribution in [3.05, 3.63) is 6.33 Å². The zero-order valence-corrected chi connectivity index (χ0v) is 10.7. The molecule has 0 fully saturated rings. The average molecular weight is 251 g/mol. The summed E-state index contributed by atoms with van der Waals surface area (Å²) in [6.07, 6.45) is 1.53. The lowest BCUT2D eigenvalue weighted by atomic mass is 10.2. The predicted molar refractivity (Wildman–Crippen MR) is 67.3 cm³/mol. The number of ether oxygens (including phenoxy) is 2. The fourth-order valence-electron chi connectivity index (χ4n) is 1.41. The molecule has 2 rings (SSSR count). The summed E-state index contributed by atoms with van der Waals surface area (Å²) in [5.41, 5.74) is 6.52. The predicted octanol–water partition coefficient (Wildman–Crippen LogP) is 1.13. The Bertz CT molecular complexity index is 532. The van der Waals surface area contributed by atoms with Crippen molar-refractivity contribution in [1.82, 2.24) is 19.9 Å². The number of aromatic amines is 1. The van der Waals surface area contributed by atoms with Gasteiger partial charge in [0, 0.05) is 0 Å². The fourth-order valence-corrected chi connectivity index (χ4v) is 1.41. The van der Waals surface area contributed by atoms with Crippen LogP contribution in [-0.2, 0) is 4.74 Å². The van der Waals surface area contributed by atoms with Crippen molar-refractivity contribution in [2.45, 2.75) is 26.4 Å². The monoisotopic (exact) mass is 251 g/mol. The van der Waals surface area contributed by atoms with Gasteiger partial charge >= 0.3 is 0 Å². The molecular weight excluding hydrogens is 234 g/mol. The summed E-state index contributed by atoms with van der Waals surface area (Å²) in [7, 11) is 0. The maximum atomic E-state index is 5.57. The second-order valence-electron chi connectivity index (χ2n) is 4.80. The van der Waals surface area contributed by atoms with Gasteiger partial charge in [-0.15, -0.1) is 0 Å². The number of nitrogen functional groups attached to an aromatic ring is 1. The largest absolute Gasteiger partial charge is 0.474 e. The van der Waals surface area contributed by atoms with Gasteiger partial charge in [-0.1, -0.05) is 0 Å². The lowest BCUT2D eigenvalue weighted by Crippen LogP contribution is -2.22. The van der Waals surface area contributed by atoms with Crippen LogP contribution in [-0.4, -0.2) is 38.8 Å². The second-order valence-corrected chi connectivity index (χ2v) is 4.80. The Morgan fingerprint density at radius 2 is 2.06 bits per heavy atom. The van der Waals surface area contributed by atoms with Gasteiger partial charge in [0.25, 0.3) is 0 Å². The molecule has 18 heavy (non-hydrogen) atoms. The van der Waals surface area contributed by atoms with Gasteiger partial charge in [0.15, 0.2) is 5.65 Å². The first-order chi connectivity index (χ1) is 8.46. The molecule has 0 aliphatic heterocycles. The van der Waals surface area contributed by atoms with Crippen molar-refractivity contribution < 1.29 is 9.47 Å². The Balaban J connectivity index is 2.01. The smallest absolute Gasteiger partial charge is 0.245 e. The molecule has 0 aliphatic carbocycles. The van der Waals surface area contributed by atoms with Gasteiger partial charge in [0.2, 0.25) is 11.8 Å². The van der Waals surface area contributed by atoms with E-state index in [1.165, 1.54) is 6.33 Å². The normalized spacial score (nSPS) is 11.9. The Morgan fingerprint density at radius 3 is 2.78 bits per heavy atom. The number of fused-ring (bicyclic) bond motifs is 1. The Labute approximate surface area is 105 Å². The molecule has 0 unspecified atom stereocenters. The van der Waals surface area contributed by atoms with Crippen LogP contribution in [0.1, 0.15) is 20.8 Å². The van der Waals surface area contributed by atoms with Crippen molar-refractivity contribution in [2.24, 2.45) is 0 Å². The maximum Gasteiger partial charge on any atom is 0.245 e. The fraction of sp³-hybridized carbons (Fsp3) is 0.545. The van der Waals surface area contributed by atoms with Gasteiger partial charge < -0.3 is 20.2 Å². The van der Waals surface area contributed by atoms with E-state index in [2.05, 4.69) is 19.9 Å². The Hall–Kier alpha value is -1.89. The topological polar surface area (TPSA) is 98.9 Å². The van der Waals surface area contributed by atoms with Crippen molar-refractivity contribution in [2.75, 3.05) is 18.9 Å². The van der Waals surface area contributed by atoms with E-state index in [0.29, 0.717) is 30.3 Å². The zero-order chi connectivity index (χ0) is 13.2. The summed E-state index contributed by atoms with van der Waals surface area (Å²) < 4.78 is 11.1. The van der Waals surface area contributed by atoms with Gasteiger partial charge in [-0.2, -0.15) is 9.97 Å². The van der Waals surface area contributed by atoms with Crippen LogP contribution in [0.5, 0.6) is 5.88 Å². The molecule has 2 aromatic heterocycles. The number of rotatable bonds is 4. The molecular formula is C11H17N5O2. The third-order valence-electron chi connectivity index (χ3n) is 2.13. The zero-order valence-electron chi connectivity index (χ0n) is 10.7. The second kappa shape index (κ2) is 4.77. The third kappa shape index (κ3) is 3.07. The lowest BCUT2D eigenvalue weighted by molar-refractivity contribution is -0.0166. The van der Waals surface area contributed by atoms with Crippen molar-refractivity contribution in [1.29, 1.82) is 0 Å². The van der Waals surface area contributed by atoms with Crippen LogP contribution in [0.4, 0.5) is 5.95 Å². The number of imidazole rings is 1. The third-order valence-corrected chi connectivity index (χ3v) is 2.13. The number of nitrogens with zero attached hydrogens (tertiary/aromatic N) is 3. The molecule has 0 aromatic carbocycles. The van der Waals surface area contributed by atoms with Crippen molar-refractivity contribution >= 4 is 17.1 Å². The van der Waals surface area contributed by atoms with E-state index in [-0.39, 0.29) is 11.5 Å². The summed E-state index contributed by atoms with van der Waals surface area (Å²) >= 11 is 0. The van der Waals surface area contributed by atoms with Crippen molar-refractivity contribution in [3.8, 4) is 5.88 Å². The van der Waals surface area contributed by atoms with Gasteiger partial charge in [-0.25, -0.2) is 4.98 Å². The number of H-pyrrole nitrogens is 1. The lowest BCUT2D eigenvalue weighted by Gasteiger charge is -2.19. The van der Waals surface area contributed by atoms with Crippen LogP contribution in [0, 0.1) is 0 Å². The number of hydrogen-bond acceptors (Lipinski definition) is 6. The first-order valence-electron chi connectivity index (χ1n) is 5.69. The molecule has 7 nitrogen and oxygen atoms in total.